The Morgan fingerprint density at radius 2 is 1.50 bits per heavy atom. The van der Waals surface area contributed by atoms with Gasteiger partial charge in [0.2, 0.25) is 0 Å². The molecule has 162 valence electrons. The van der Waals surface area contributed by atoms with Gasteiger partial charge in [-0.15, -0.1) is 0 Å². The highest BCUT2D eigenvalue weighted by molar-refractivity contribution is 7.86. The Morgan fingerprint density at radius 1 is 0.967 bits per heavy atom. The predicted molar refractivity (Wildman–Crippen MR) is 110 cm³/mol. The van der Waals surface area contributed by atoms with Crippen molar-refractivity contribution in [1.82, 2.24) is 0 Å². The summed E-state index contributed by atoms with van der Waals surface area (Å²) < 4.78 is 38.8. The molecule has 0 spiro atoms. The van der Waals surface area contributed by atoms with Crippen LogP contribution >= 0.6 is 0 Å². The Hall–Kier alpha value is -3.27. The molecule has 2 N–H and O–H groups in total. The van der Waals surface area contributed by atoms with Gasteiger partial charge in [0.15, 0.2) is 34.6 Å². The zero-order valence-electron chi connectivity index (χ0n) is 17.2. The number of ketones is 2. The number of anilines is 1. The van der Waals surface area contributed by atoms with Gasteiger partial charge in [-0.25, -0.2) is 0 Å². The van der Waals surface area contributed by atoms with Gasteiger partial charge in [-0.3, -0.25) is 9.59 Å². The van der Waals surface area contributed by atoms with Crippen molar-refractivity contribution in [3.8, 4) is 23.0 Å². The van der Waals surface area contributed by atoms with Gasteiger partial charge in [0.05, 0.1) is 26.2 Å². The molecule has 0 aliphatic carbocycles. The third-order valence-electron chi connectivity index (χ3n) is 4.16. The Kier molecular flexibility index (Phi) is 6.93. The van der Waals surface area contributed by atoms with Gasteiger partial charge in [0.25, 0.3) is 0 Å². The molecule has 0 aliphatic heterocycles. The van der Waals surface area contributed by atoms with E-state index >= 15 is 0 Å². The highest BCUT2D eigenvalue weighted by atomic mass is 32.2. The molecule has 0 fully saturated rings. The second kappa shape index (κ2) is 9.04. The van der Waals surface area contributed by atoms with Crippen LogP contribution in [0.2, 0.25) is 0 Å². The number of carbonyl (C=O) groups excluding carboxylic acids is 2. The van der Waals surface area contributed by atoms with E-state index in [-0.39, 0.29) is 57.9 Å². The summed E-state index contributed by atoms with van der Waals surface area (Å²) in [6.07, 6.45) is 0.884. The highest BCUT2D eigenvalue weighted by Crippen LogP contribution is 2.38. The number of hydrogen-bond donors (Lipinski definition) is 2. The van der Waals surface area contributed by atoms with Crippen LogP contribution in [0.3, 0.4) is 0 Å². The maximum absolute atomic E-state index is 11.9. The maximum atomic E-state index is 11.9. The zero-order chi connectivity index (χ0) is 22.6. The molecule has 0 amide bonds. The van der Waals surface area contributed by atoms with Gasteiger partial charge in [-0.05, 0) is 38.1 Å². The molecule has 0 bridgehead atoms. The van der Waals surface area contributed by atoms with Crippen molar-refractivity contribution in [1.29, 1.82) is 0 Å². The lowest BCUT2D eigenvalue weighted by atomic mass is 10.1. The van der Waals surface area contributed by atoms with E-state index in [4.69, 9.17) is 13.7 Å². The minimum absolute atomic E-state index is 0.0552. The van der Waals surface area contributed by atoms with Crippen LogP contribution in [0.25, 0.3) is 0 Å². The van der Waals surface area contributed by atoms with Crippen LogP contribution in [-0.2, 0) is 16.7 Å². The summed E-state index contributed by atoms with van der Waals surface area (Å²) in [6, 6.07) is 5.68. The molecule has 0 atom stereocenters. The number of benzene rings is 2. The van der Waals surface area contributed by atoms with Crippen molar-refractivity contribution >= 4 is 27.4 Å². The summed E-state index contributed by atoms with van der Waals surface area (Å²) >= 11 is 0. The number of aromatic hydroxyl groups is 1. The predicted octanol–water partition coefficient (Wildman–Crippen LogP) is 2.77. The second-order valence-electron chi connectivity index (χ2n) is 6.49. The van der Waals surface area contributed by atoms with Gasteiger partial charge in [-0.1, -0.05) is 0 Å². The van der Waals surface area contributed by atoms with Crippen LogP contribution in [-0.4, -0.2) is 45.6 Å². The van der Waals surface area contributed by atoms with E-state index in [0.29, 0.717) is 5.56 Å². The molecule has 0 aliphatic rings. The van der Waals surface area contributed by atoms with E-state index in [2.05, 4.69) is 5.32 Å². The van der Waals surface area contributed by atoms with Crippen molar-refractivity contribution in [2.75, 3.05) is 25.8 Å². The summed E-state index contributed by atoms with van der Waals surface area (Å²) in [5.41, 5.74) is 1.05. The van der Waals surface area contributed by atoms with E-state index in [9.17, 15) is 23.1 Å². The SMILES string of the molecule is COc1cc(C(C)=O)cc(NCc2cc(C(C)=O)cc(OC)c2OS(C)(=O)=O)c1O. The molecule has 0 unspecified atom stereocenters. The van der Waals surface area contributed by atoms with Crippen molar-refractivity contribution in [2.24, 2.45) is 0 Å². The summed E-state index contributed by atoms with van der Waals surface area (Å²) in [6.45, 7) is 2.67. The quantitative estimate of drug-likeness (QED) is 0.346. The van der Waals surface area contributed by atoms with Crippen LogP contribution in [0.15, 0.2) is 24.3 Å². The average molecular weight is 437 g/mol. The number of hydrogen-bond acceptors (Lipinski definition) is 9. The molecule has 2 rings (SSSR count). The van der Waals surface area contributed by atoms with E-state index in [1.807, 2.05) is 0 Å². The summed E-state index contributed by atoms with van der Waals surface area (Å²) in [5.74, 6) is -0.673. The van der Waals surface area contributed by atoms with Crippen molar-refractivity contribution in [2.45, 2.75) is 20.4 Å². The molecule has 10 heteroatoms. The number of nitrogens with one attached hydrogen (secondary N) is 1. The topological polar surface area (TPSA) is 128 Å². The fraction of sp³-hybridized carbons (Fsp3) is 0.300. The first-order chi connectivity index (χ1) is 14.0. The minimum Gasteiger partial charge on any atom is -0.503 e. The minimum atomic E-state index is -3.89. The lowest BCUT2D eigenvalue weighted by Crippen LogP contribution is -2.12. The average Bonchev–Trinajstić information content (AvgIpc) is 2.66. The van der Waals surface area contributed by atoms with Crippen molar-refractivity contribution in [3.05, 3.63) is 41.0 Å². The first-order valence-corrected chi connectivity index (χ1v) is 10.6. The van der Waals surface area contributed by atoms with Crippen molar-refractivity contribution in [3.63, 3.8) is 0 Å². The van der Waals surface area contributed by atoms with Gasteiger partial charge in [-0.2, -0.15) is 8.42 Å². The fourth-order valence-electron chi connectivity index (χ4n) is 2.68. The molecule has 2 aromatic carbocycles. The second-order valence-corrected chi connectivity index (χ2v) is 8.07. The van der Waals surface area contributed by atoms with E-state index < -0.39 is 10.1 Å². The normalized spacial score (nSPS) is 11.0. The number of ether oxygens (including phenoxy) is 2. The molecule has 0 saturated carbocycles. The third-order valence-corrected chi connectivity index (χ3v) is 4.63. The summed E-state index contributed by atoms with van der Waals surface area (Å²) in [7, 11) is -1.22. The third kappa shape index (κ3) is 5.41. The van der Waals surface area contributed by atoms with Crippen LogP contribution in [0.4, 0.5) is 5.69 Å². The van der Waals surface area contributed by atoms with Crippen LogP contribution in [0.1, 0.15) is 40.1 Å². The molecule has 30 heavy (non-hydrogen) atoms. The lowest BCUT2D eigenvalue weighted by Gasteiger charge is -2.17. The number of phenols is 1. The highest BCUT2D eigenvalue weighted by Gasteiger charge is 2.20. The molecule has 0 heterocycles. The number of rotatable bonds is 9. The molecule has 0 aromatic heterocycles. The van der Waals surface area contributed by atoms with Gasteiger partial charge in [0, 0.05) is 23.2 Å². The van der Waals surface area contributed by atoms with E-state index in [1.165, 1.54) is 52.3 Å². The maximum Gasteiger partial charge on any atom is 0.306 e. The lowest BCUT2D eigenvalue weighted by molar-refractivity contribution is 0.100. The Labute approximate surface area is 174 Å². The van der Waals surface area contributed by atoms with Gasteiger partial charge < -0.3 is 24.1 Å². The van der Waals surface area contributed by atoms with Crippen LogP contribution in [0.5, 0.6) is 23.0 Å². The van der Waals surface area contributed by atoms with Gasteiger partial charge >= 0.3 is 10.1 Å². The number of Topliss-reactive ketones (excluding diaryl/α,β-unsaturated/α-hetero) is 2. The molecular formula is C20H23NO8S. The van der Waals surface area contributed by atoms with Crippen molar-refractivity contribution < 1.29 is 36.8 Å². The number of methoxy groups -OCH3 is 2. The van der Waals surface area contributed by atoms with Crippen LogP contribution < -0.4 is 19.0 Å². The zero-order valence-corrected chi connectivity index (χ0v) is 18.0. The smallest absolute Gasteiger partial charge is 0.306 e. The standard InChI is InChI=1S/C20H23NO8S/c1-11(22)13-6-15(20(18(9-13)28-4)29-30(5,25)26)10-21-16-7-14(12(2)23)8-17(27-3)19(16)24/h6-9,21,24H,10H2,1-5H3. The summed E-state index contributed by atoms with van der Waals surface area (Å²) in [4.78, 5) is 23.6. The molecule has 9 nitrogen and oxygen atoms in total. The Bertz CT molecular complexity index is 1090. The first kappa shape index (κ1) is 23.0. The summed E-state index contributed by atoms with van der Waals surface area (Å²) in [5, 5.41) is 13.3. The number of carbonyl (C=O) groups is 2. The Balaban J connectivity index is 2.54. The van der Waals surface area contributed by atoms with Crippen LogP contribution in [0, 0.1) is 0 Å². The molecule has 0 radical (unpaired) electrons. The first-order valence-electron chi connectivity index (χ1n) is 8.74. The number of phenolic OH excluding ortho intramolecular Hbond substituents is 1. The largest absolute Gasteiger partial charge is 0.503 e. The molecular weight excluding hydrogens is 414 g/mol. The molecule has 0 saturated heterocycles. The van der Waals surface area contributed by atoms with E-state index in [1.54, 1.807) is 0 Å². The van der Waals surface area contributed by atoms with Gasteiger partial charge in [0.1, 0.15) is 0 Å². The fourth-order valence-corrected chi connectivity index (χ4v) is 3.18. The monoisotopic (exact) mass is 437 g/mol. The van der Waals surface area contributed by atoms with E-state index in [0.717, 1.165) is 6.26 Å². The Morgan fingerprint density at radius 3 is 2.00 bits per heavy atom. The molecule has 2 aromatic rings.